The van der Waals surface area contributed by atoms with Gasteiger partial charge in [-0.3, -0.25) is 4.79 Å². The van der Waals surface area contributed by atoms with E-state index in [9.17, 15) is 18.0 Å². The number of sulfonamides is 1. The average Bonchev–Trinajstić information content (AvgIpc) is 2.79. The van der Waals surface area contributed by atoms with Crippen molar-refractivity contribution in [2.45, 2.75) is 17.9 Å². The number of carbonyl (C=O) groups is 2. The van der Waals surface area contributed by atoms with Gasteiger partial charge in [-0.2, -0.15) is 4.31 Å². The molecule has 0 radical (unpaired) electrons. The van der Waals surface area contributed by atoms with Crippen molar-refractivity contribution in [2.75, 3.05) is 32.8 Å². The van der Waals surface area contributed by atoms with Crippen LogP contribution in [0.2, 0.25) is 5.02 Å². The Morgan fingerprint density at radius 2 is 1.61 bits per heavy atom. The van der Waals surface area contributed by atoms with E-state index < -0.39 is 28.7 Å². The first-order valence-corrected chi connectivity index (χ1v) is 11.5. The summed E-state index contributed by atoms with van der Waals surface area (Å²) < 4.78 is 37.2. The van der Waals surface area contributed by atoms with Crippen LogP contribution >= 0.6 is 11.6 Å². The summed E-state index contributed by atoms with van der Waals surface area (Å²) in [5.41, 5.74) is 0. The smallest absolute Gasteiger partial charge is 0.347 e. The summed E-state index contributed by atoms with van der Waals surface area (Å²) in [4.78, 5) is 26.2. The molecule has 0 aliphatic carbocycles. The summed E-state index contributed by atoms with van der Waals surface area (Å²) in [5, 5.41) is 0.546. The quantitative estimate of drug-likeness (QED) is 0.581. The number of benzene rings is 2. The van der Waals surface area contributed by atoms with Gasteiger partial charge in [0.05, 0.1) is 4.90 Å². The van der Waals surface area contributed by atoms with Crippen molar-refractivity contribution in [3.8, 4) is 5.75 Å². The molecule has 10 heteroatoms. The van der Waals surface area contributed by atoms with E-state index in [1.807, 2.05) is 0 Å². The van der Waals surface area contributed by atoms with Gasteiger partial charge in [0, 0.05) is 31.2 Å². The second-order valence-electron chi connectivity index (χ2n) is 6.92. The van der Waals surface area contributed by atoms with E-state index in [-0.39, 0.29) is 37.0 Å². The van der Waals surface area contributed by atoms with Gasteiger partial charge >= 0.3 is 5.97 Å². The molecule has 0 bridgehead atoms. The van der Waals surface area contributed by atoms with Gasteiger partial charge in [-0.25, -0.2) is 13.2 Å². The highest BCUT2D eigenvalue weighted by molar-refractivity contribution is 7.89. The zero-order valence-corrected chi connectivity index (χ0v) is 18.5. The van der Waals surface area contributed by atoms with Crippen LogP contribution in [0, 0.1) is 0 Å². The van der Waals surface area contributed by atoms with Gasteiger partial charge in [-0.05, 0) is 43.3 Å². The Hall–Kier alpha value is -2.62. The molecule has 2 aromatic rings. The highest BCUT2D eigenvalue weighted by Gasteiger charge is 2.30. The number of amides is 1. The van der Waals surface area contributed by atoms with Crippen molar-refractivity contribution in [2.24, 2.45) is 0 Å². The molecule has 1 atom stereocenters. The Labute approximate surface area is 186 Å². The van der Waals surface area contributed by atoms with Crippen LogP contribution < -0.4 is 4.74 Å². The molecule has 3 rings (SSSR count). The van der Waals surface area contributed by atoms with Crippen LogP contribution in [-0.2, 0) is 24.3 Å². The van der Waals surface area contributed by atoms with Crippen LogP contribution in [0.25, 0.3) is 0 Å². The fraction of sp³-hybridized carbons (Fsp3) is 0.333. The SMILES string of the molecule is C[C@H](Oc1ccc(Cl)cc1)C(=O)OCC(=O)N1CCN(S(=O)(=O)c2ccccc2)CC1. The summed E-state index contributed by atoms with van der Waals surface area (Å²) in [5.74, 6) is -0.603. The van der Waals surface area contributed by atoms with Crippen molar-refractivity contribution in [3.05, 3.63) is 59.6 Å². The minimum Gasteiger partial charge on any atom is -0.479 e. The van der Waals surface area contributed by atoms with Crippen LogP contribution in [0.3, 0.4) is 0 Å². The maximum atomic E-state index is 12.7. The molecule has 1 amide bonds. The molecule has 1 heterocycles. The van der Waals surface area contributed by atoms with Crippen LogP contribution in [0.1, 0.15) is 6.92 Å². The molecule has 8 nitrogen and oxygen atoms in total. The topological polar surface area (TPSA) is 93.2 Å². The first kappa shape index (κ1) is 23.1. The van der Waals surface area contributed by atoms with Crippen molar-refractivity contribution < 1.29 is 27.5 Å². The lowest BCUT2D eigenvalue weighted by atomic mass is 10.3. The van der Waals surface area contributed by atoms with Crippen LogP contribution in [-0.4, -0.2) is 68.4 Å². The molecule has 166 valence electrons. The number of hydrogen-bond acceptors (Lipinski definition) is 6. The zero-order valence-electron chi connectivity index (χ0n) is 16.9. The van der Waals surface area contributed by atoms with Crippen molar-refractivity contribution in [3.63, 3.8) is 0 Å². The van der Waals surface area contributed by atoms with Crippen molar-refractivity contribution in [1.29, 1.82) is 0 Å². The Bertz CT molecular complexity index is 1010. The van der Waals surface area contributed by atoms with E-state index in [1.165, 1.54) is 16.1 Å². The zero-order chi connectivity index (χ0) is 22.4. The summed E-state index contributed by atoms with van der Waals surface area (Å²) >= 11 is 5.81. The Morgan fingerprint density at radius 1 is 1.00 bits per heavy atom. The molecule has 1 aliphatic rings. The molecular weight excluding hydrogens is 444 g/mol. The molecule has 2 aromatic carbocycles. The molecule has 31 heavy (non-hydrogen) atoms. The van der Waals surface area contributed by atoms with Gasteiger partial charge < -0.3 is 14.4 Å². The number of hydrogen-bond donors (Lipinski definition) is 0. The third kappa shape index (κ3) is 5.96. The predicted octanol–water partition coefficient (Wildman–Crippen LogP) is 2.18. The number of esters is 1. The number of halogens is 1. The van der Waals surface area contributed by atoms with Gasteiger partial charge in [0.25, 0.3) is 5.91 Å². The number of carbonyl (C=O) groups excluding carboxylic acids is 2. The summed E-state index contributed by atoms with van der Waals surface area (Å²) in [6.07, 6.45) is -0.901. The second kappa shape index (κ2) is 10.1. The normalized spacial score (nSPS) is 15.9. The minimum absolute atomic E-state index is 0.174. The largest absolute Gasteiger partial charge is 0.479 e. The molecular formula is C21H23ClN2O6S. The lowest BCUT2D eigenvalue weighted by Crippen LogP contribution is -2.51. The molecule has 1 saturated heterocycles. The maximum absolute atomic E-state index is 12.7. The minimum atomic E-state index is -3.60. The van der Waals surface area contributed by atoms with E-state index in [2.05, 4.69) is 0 Å². The molecule has 0 saturated carbocycles. The highest BCUT2D eigenvalue weighted by Crippen LogP contribution is 2.18. The average molecular weight is 467 g/mol. The van der Waals surface area contributed by atoms with Crippen LogP contribution in [0.4, 0.5) is 0 Å². The maximum Gasteiger partial charge on any atom is 0.347 e. The van der Waals surface area contributed by atoms with E-state index in [1.54, 1.807) is 54.6 Å². The number of rotatable bonds is 7. The third-order valence-corrected chi connectivity index (χ3v) is 6.93. The standard InChI is InChI=1S/C21H23ClN2O6S/c1-16(30-18-9-7-17(22)8-10-18)21(26)29-15-20(25)23-11-13-24(14-12-23)31(27,28)19-5-3-2-4-6-19/h2-10,16H,11-15H2,1H3/t16-/m0/s1. The van der Waals surface area contributed by atoms with E-state index in [0.717, 1.165) is 0 Å². The van der Waals surface area contributed by atoms with Gasteiger partial charge in [0.1, 0.15) is 5.75 Å². The Kier molecular flexibility index (Phi) is 7.53. The molecule has 1 aliphatic heterocycles. The van der Waals surface area contributed by atoms with Gasteiger partial charge in [0.2, 0.25) is 10.0 Å². The molecule has 1 fully saturated rings. The second-order valence-corrected chi connectivity index (χ2v) is 9.29. The molecule has 0 spiro atoms. The number of piperazine rings is 1. The lowest BCUT2D eigenvalue weighted by molar-refractivity contribution is -0.157. The van der Waals surface area contributed by atoms with Gasteiger partial charge in [-0.1, -0.05) is 29.8 Å². The first-order valence-electron chi connectivity index (χ1n) is 9.69. The van der Waals surface area contributed by atoms with E-state index in [0.29, 0.717) is 10.8 Å². The fourth-order valence-electron chi connectivity index (χ4n) is 3.03. The molecule has 0 aromatic heterocycles. The van der Waals surface area contributed by atoms with Crippen molar-refractivity contribution in [1.82, 2.24) is 9.21 Å². The van der Waals surface area contributed by atoms with E-state index in [4.69, 9.17) is 21.1 Å². The van der Waals surface area contributed by atoms with Gasteiger partial charge in [-0.15, -0.1) is 0 Å². The summed E-state index contributed by atoms with van der Waals surface area (Å²) in [6.45, 7) is 1.88. The molecule has 0 unspecified atom stereocenters. The third-order valence-electron chi connectivity index (χ3n) is 4.77. The van der Waals surface area contributed by atoms with Crippen molar-refractivity contribution >= 4 is 33.5 Å². The lowest BCUT2D eigenvalue weighted by Gasteiger charge is -2.33. The monoisotopic (exact) mass is 466 g/mol. The predicted molar refractivity (Wildman–Crippen MR) is 114 cm³/mol. The summed E-state index contributed by atoms with van der Waals surface area (Å²) in [6, 6.07) is 14.7. The van der Waals surface area contributed by atoms with Crippen LogP contribution in [0.5, 0.6) is 5.75 Å². The van der Waals surface area contributed by atoms with Crippen LogP contribution in [0.15, 0.2) is 59.5 Å². The number of nitrogens with zero attached hydrogens (tertiary/aromatic N) is 2. The van der Waals surface area contributed by atoms with Gasteiger partial charge in [0.15, 0.2) is 12.7 Å². The Morgan fingerprint density at radius 3 is 2.23 bits per heavy atom. The Balaban J connectivity index is 1.45. The molecule has 0 N–H and O–H groups in total. The first-order chi connectivity index (χ1) is 14.8. The highest BCUT2D eigenvalue weighted by atomic mass is 35.5. The fourth-order valence-corrected chi connectivity index (χ4v) is 4.60. The number of ether oxygens (including phenoxy) is 2. The van der Waals surface area contributed by atoms with E-state index >= 15 is 0 Å². The summed E-state index contributed by atoms with van der Waals surface area (Å²) in [7, 11) is -3.60.